The van der Waals surface area contributed by atoms with Crippen molar-refractivity contribution in [3.63, 3.8) is 0 Å². The highest BCUT2D eigenvalue weighted by atomic mass is 35.5. The Hall–Kier alpha value is -1.15. The van der Waals surface area contributed by atoms with Gasteiger partial charge in [-0.1, -0.05) is 23.7 Å². The lowest BCUT2D eigenvalue weighted by Gasteiger charge is -2.35. The van der Waals surface area contributed by atoms with Crippen LogP contribution in [-0.2, 0) is 25.3 Å². The summed E-state index contributed by atoms with van der Waals surface area (Å²) < 4.78 is 32.2. The summed E-state index contributed by atoms with van der Waals surface area (Å²) in [5.74, 6) is -0.274. The molecule has 2 fully saturated rings. The monoisotopic (exact) mass is 386 g/mol. The molecule has 0 radical (unpaired) electrons. The van der Waals surface area contributed by atoms with Crippen molar-refractivity contribution < 1.29 is 17.9 Å². The lowest BCUT2D eigenvalue weighted by atomic mass is 9.98. The number of hydrogen-bond acceptors (Lipinski definition) is 4. The zero-order valence-electron chi connectivity index (χ0n) is 14.1. The fourth-order valence-corrected chi connectivity index (χ4v) is 5.06. The van der Waals surface area contributed by atoms with E-state index in [1.807, 2.05) is 0 Å². The summed E-state index contributed by atoms with van der Waals surface area (Å²) in [5, 5.41) is 0.579. The third-order valence-electron chi connectivity index (χ3n) is 4.71. The molecule has 0 aliphatic carbocycles. The van der Waals surface area contributed by atoms with Crippen LogP contribution in [0.4, 0.5) is 0 Å². The van der Waals surface area contributed by atoms with Gasteiger partial charge in [-0.05, 0) is 30.5 Å². The van der Waals surface area contributed by atoms with Crippen molar-refractivity contribution in [2.45, 2.75) is 18.6 Å². The summed E-state index contributed by atoms with van der Waals surface area (Å²) >= 11 is 5.85. The number of morpholine rings is 1. The minimum atomic E-state index is -3.45. The molecule has 1 aromatic carbocycles. The Kier molecular flexibility index (Phi) is 5.99. The van der Waals surface area contributed by atoms with Gasteiger partial charge in [-0.2, -0.15) is 0 Å². The first-order valence-electron chi connectivity index (χ1n) is 8.54. The molecule has 2 aliphatic heterocycles. The van der Waals surface area contributed by atoms with Crippen molar-refractivity contribution in [2.75, 3.05) is 39.4 Å². The SMILES string of the molecule is O=C(C1CCCN(S(=O)(=O)Cc2ccc(Cl)cc2)C1)N1CCOCC1. The Bertz CT molecular complexity index is 702. The molecule has 0 bridgehead atoms. The van der Waals surface area contributed by atoms with Crippen LogP contribution in [0.3, 0.4) is 0 Å². The number of rotatable bonds is 4. The molecule has 0 spiro atoms. The quantitative estimate of drug-likeness (QED) is 0.790. The second kappa shape index (κ2) is 8.03. The molecular weight excluding hydrogens is 364 g/mol. The van der Waals surface area contributed by atoms with Crippen molar-refractivity contribution >= 4 is 27.5 Å². The van der Waals surface area contributed by atoms with E-state index in [1.54, 1.807) is 29.2 Å². The second-order valence-electron chi connectivity index (χ2n) is 6.52. The third kappa shape index (κ3) is 4.73. The molecule has 0 saturated carbocycles. The van der Waals surface area contributed by atoms with E-state index in [9.17, 15) is 13.2 Å². The average Bonchev–Trinajstić information content (AvgIpc) is 2.64. The van der Waals surface area contributed by atoms with E-state index in [1.165, 1.54) is 4.31 Å². The minimum Gasteiger partial charge on any atom is -0.378 e. The Morgan fingerprint density at radius 2 is 1.84 bits per heavy atom. The van der Waals surface area contributed by atoms with Gasteiger partial charge in [0.25, 0.3) is 0 Å². The molecule has 2 saturated heterocycles. The molecule has 3 rings (SSSR count). The number of ether oxygens (including phenoxy) is 1. The van der Waals surface area contributed by atoms with Crippen LogP contribution in [0.15, 0.2) is 24.3 Å². The Labute approximate surface area is 153 Å². The molecule has 25 heavy (non-hydrogen) atoms. The van der Waals surface area contributed by atoms with Crippen LogP contribution < -0.4 is 0 Å². The highest BCUT2D eigenvalue weighted by molar-refractivity contribution is 7.88. The molecule has 6 nitrogen and oxygen atoms in total. The summed E-state index contributed by atoms with van der Waals surface area (Å²) in [5.41, 5.74) is 0.700. The van der Waals surface area contributed by atoms with Crippen LogP contribution in [-0.4, -0.2) is 62.9 Å². The average molecular weight is 387 g/mol. The van der Waals surface area contributed by atoms with E-state index in [-0.39, 0.29) is 24.1 Å². The molecule has 8 heteroatoms. The second-order valence-corrected chi connectivity index (χ2v) is 8.92. The predicted molar refractivity (Wildman–Crippen MR) is 95.8 cm³/mol. The number of nitrogens with zero attached hydrogens (tertiary/aromatic N) is 2. The summed E-state index contributed by atoms with van der Waals surface area (Å²) in [6.07, 6.45) is 1.45. The highest BCUT2D eigenvalue weighted by Crippen LogP contribution is 2.24. The topological polar surface area (TPSA) is 66.9 Å². The van der Waals surface area contributed by atoms with Gasteiger partial charge in [0.05, 0.1) is 24.9 Å². The lowest BCUT2D eigenvalue weighted by Crippen LogP contribution is -2.49. The van der Waals surface area contributed by atoms with Gasteiger partial charge in [0, 0.05) is 31.2 Å². The fourth-order valence-electron chi connectivity index (χ4n) is 3.32. The van der Waals surface area contributed by atoms with Crippen LogP contribution in [0.2, 0.25) is 5.02 Å². The van der Waals surface area contributed by atoms with Crippen molar-refractivity contribution in [1.29, 1.82) is 0 Å². The smallest absolute Gasteiger partial charge is 0.227 e. The Balaban J connectivity index is 1.65. The number of carbonyl (C=O) groups excluding carboxylic acids is 1. The number of halogens is 1. The van der Waals surface area contributed by atoms with E-state index in [0.29, 0.717) is 49.9 Å². The molecule has 2 heterocycles. The van der Waals surface area contributed by atoms with Gasteiger partial charge in [-0.15, -0.1) is 0 Å². The first kappa shape index (κ1) is 18.6. The Morgan fingerprint density at radius 1 is 1.16 bits per heavy atom. The lowest BCUT2D eigenvalue weighted by molar-refractivity contribution is -0.140. The maximum Gasteiger partial charge on any atom is 0.227 e. The van der Waals surface area contributed by atoms with E-state index in [0.717, 1.165) is 6.42 Å². The molecule has 1 atom stereocenters. The number of hydrogen-bond donors (Lipinski definition) is 0. The molecule has 1 unspecified atom stereocenters. The number of benzene rings is 1. The van der Waals surface area contributed by atoms with Crippen LogP contribution >= 0.6 is 11.6 Å². The number of sulfonamides is 1. The highest BCUT2D eigenvalue weighted by Gasteiger charge is 2.34. The van der Waals surface area contributed by atoms with E-state index in [2.05, 4.69) is 0 Å². The first-order valence-corrected chi connectivity index (χ1v) is 10.5. The largest absolute Gasteiger partial charge is 0.378 e. The molecule has 0 N–H and O–H groups in total. The van der Waals surface area contributed by atoms with Gasteiger partial charge < -0.3 is 9.64 Å². The van der Waals surface area contributed by atoms with Crippen molar-refractivity contribution in [1.82, 2.24) is 9.21 Å². The zero-order valence-corrected chi connectivity index (χ0v) is 15.6. The normalized spacial score (nSPS) is 22.8. The van der Waals surface area contributed by atoms with Gasteiger partial charge in [-0.3, -0.25) is 4.79 Å². The molecule has 0 aromatic heterocycles. The third-order valence-corrected chi connectivity index (χ3v) is 6.78. The summed E-state index contributed by atoms with van der Waals surface area (Å²) in [6.45, 7) is 3.03. The van der Waals surface area contributed by atoms with Crippen LogP contribution in [0.25, 0.3) is 0 Å². The maximum atomic E-state index is 12.7. The van der Waals surface area contributed by atoms with E-state index >= 15 is 0 Å². The van der Waals surface area contributed by atoms with Gasteiger partial charge in [0.15, 0.2) is 0 Å². The van der Waals surface area contributed by atoms with Gasteiger partial charge in [0.2, 0.25) is 15.9 Å². The van der Waals surface area contributed by atoms with Crippen LogP contribution in [0, 0.1) is 5.92 Å². The van der Waals surface area contributed by atoms with Gasteiger partial charge in [-0.25, -0.2) is 12.7 Å². The maximum absolute atomic E-state index is 12.7. The molecular formula is C17H23ClN2O4S. The number of amides is 1. The molecule has 138 valence electrons. The first-order chi connectivity index (χ1) is 12.0. The number of piperidine rings is 1. The van der Waals surface area contributed by atoms with Crippen LogP contribution in [0.5, 0.6) is 0 Å². The standard InChI is InChI=1S/C17H23ClN2O4S/c18-16-5-3-14(4-6-16)13-25(22,23)20-7-1-2-15(12-20)17(21)19-8-10-24-11-9-19/h3-6,15H,1-2,7-13H2. The van der Waals surface area contributed by atoms with E-state index in [4.69, 9.17) is 16.3 Å². The molecule has 1 amide bonds. The zero-order chi connectivity index (χ0) is 17.9. The predicted octanol–water partition coefficient (Wildman–Crippen LogP) is 1.74. The van der Waals surface area contributed by atoms with Crippen molar-refractivity contribution in [2.24, 2.45) is 5.92 Å². The summed E-state index contributed by atoms with van der Waals surface area (Å²) in [7, 11) is -3.45. The van der Waals surface area contributed by atoms with Crippen LogP contribution in [0.1, 0.15) is 18.4 Å². The van der Waals surface area contributed by atoms with E-state index < -0.39 is 10.0 Å². The molecule has 2 aliphatic rings. The van der Waals surface area contributed by atoms with Gasteiger partial charge >= 0.3 is 0 Å². The number of carbonyl (C=O) groups is 1. The molecule has 1 aromatic rings. The van der Waals surface area contributed by atoms with Crippen molar-refractivity contribution in [3.05, 3.63) is 34.9 Å². The van der Waals surface area contributed by atoms with Crippen molar-refractivity contribution in [3.8, 4) is 0 Å². The van der Waals surface area contributed by atoms with Gasteiger partial charge in [0.1, 0.15) is 0 Å². The fraction of sp³-hybridized carbons (Fsp3) is 0.588. The summed E-state index contributed by atoms with van der Waals surface area (Å²) in [4.78, 5) is 14.5. The summed E-state index contributed by atoms with van der Waals surface area (Å²) in [6, 6.07) is 6.82. The Morgan fingerprint density at radius 3 is 2.52 bits per heavy atom. The minimum absolute atomic E-state index is 0.0506.